The molecule has 4 heterocycles. The number of carbonyl (C=O) groups excluding carboxylic acids is 1. The maximum Gasteiger partial charge on any atom is 0.229 e. The van der Waals surface area contributed by atoms with Gasteiger partial charge in [-0.3, -0.25) is 4.79 Å². The lowest BCUT2D eigenvalue weighted by Crippen LogP contribution is -2.25. The third-order valence-electron chi connectivity index (χ3n) is 5.16. The molecule has 148 valence electrons. The molecule has 0 aromatic carbocycles. The fourth-order valence-electron chi connectivity index (χ4n) is 3.45. The van der Waals surface area contributed by atoms with E-state index in [1.54, 1.807) is 18.3 Å². The zero-order chi connectivity index (χ0) is 19.2. The molecular weight excluding hydrogens is 358 g/mol. The Hall–Kier alpha value is -2.65. The van der Waals surface area contributed by atoms with E-state index >= 15 is 0 Å². The predicted octanol–water partition coefficient (Wildman–Crippen LogP) is 1.32. The summed E-state index contributed by atoms with van der Waals surface area (Å²) in [5.74, 6) is 1.60. The molecule has 4 rings (SSSR count). The standard InChI is InChI=1S/C19H25N7O2/c27-18(14-1-5-20-11-14)26-17-9-16(23-12-24-17)15-2-6-21-19(25-15)22-10-13-3-7-28-8-4-13/h2,6,9,12-14,20H,1,3-5,7-8,10-11H2,(H,21,22,25)(H,23,24,26,27). The van der Waals surface area contributed by atoms with Crippen molar-refractivity contribution in [3.63, 3.8) is 0 Å². The number of ether oxygens (including phenoxy) is 1. The van der Waals surface area contributed by atoms with Crippen LogP contribution in [0.15, 0.2) is 24.7 Å². The summed E-state index contributed by atoms with van der Waals surface area (Å²) in [6.45, 7) is 4.04. The number of carbonyl (C=O) groups is 1. The molecule has 2 aromatic heterocycles. The molecule has 3 N–H and O–H groups in total. The molecule has 2 aliphatic rings. The Morgan fingerprint density at radius 2 is 2.07 bits per heavy atom. The van der Waals surface area contributed by atoms with Crippen molar-refractivity contribution in [2.45, 2.75) is 19.3 Å². The van der Waals surface area contributed by atoms with Gasteiger partial charge in [-0.15, -0.1) is 0 Å². The molecule has 9 heteroatoms. The third kappa shape index (κ3) is 4.79. The third-order valence-corrected chi connectivity index (χ3v) is 5.16. The second-order valence-corrected chi connectivity index (χ2v) is 7.17. The average molecular weight is 383 g/mol. The summed E-state index contributed by atoms with van der Waals surface area (Å²) < 4.78 is 5.39. The smallest absolute Gasteiger partial charge is 0.229 e. The van der Waals surface area contributed by atoms with E-state index in [-0.39, 0.29) is 11.8 Å². The van der Waals surface area contributed by atoms with Crippen LogP contribution in [0.4, 0.5) is 11.8 Å². The highest BCUT2D eigenvalue weighted by Gasteiger charge is 2.22. The number of anilines is 2. The fourth-order valence-corrected chi connectivity index (χ4v) is 3.45. The van der Waals surface area contributed by atoms with Gasteiger partial charge in [0.15, 0.2) is 0 Å². The monoisotopic (exact) mass is 383 g/mol. The van der Waals surface area contributed by atoms with Gasteiger partial charge in [-0.2, -0.15) is 0 Å². The Balaban J connectivity index is 1.41. The Morgan fingerprint density at radius 3 is 2.89 bits per heavy atom. The van der Waals surface area contributed by atoms with Crippen LogP contribution in [0, 0.1) is 11.8 Å². The van der Waals surface area contributed by atoms with E-state index in [9.17, 15) is 4.79 Å². The second kappa shape index (κ2) is 9.03. The molecule has 28 heavy (non-hydrogen) atoms. The topological polar surface area (TPSA) is 114 Å². The maximum atomic E-state index is 12.3. The molecule has 9 nitrogen and oxygen atoms in total. The summed E-state index contributed by atoms with van der Waals surface area (Å²) >= 11 is 0. The van der Waals surface area contributed by atoms with E-state index < -0.39 is 0 Å². The van der Waals surface area contributed by atoms with Crippen molar-refractivity contribution in [1.82, 2.24) is 25.3 Å². The molecular formula is C19H25N7O2. The molecule has 0 saturated carbocycles. The molecule has 0 spiro atoms. The van der Waals surface area contributed by atoms with Gasteiger partial charge < -0.3 is 20.7 Å². The van der Waals surface area contributed by atoms with Crippen molar-refractivity contribution in [3.8, 4) is 11.4 Å². The van der Waals surface area contributed by atoms with Crippen LogP contribution >= 0.6 is 0 Å². The Kier molecular flexibility index (Phi) is 6.03. The normalized spacial score (nSPS) is 20.1. The van der Waals surface area contributed by atoms with E-state index in [2.05, 4.69) is 35.9 Å². The van der Waals surface area contributed by atoms with Gasteiger partial charge in [-0.05, 0) is 37.8 Å². The number of hydrogen-bond donors (Lipinski definition) is 3. The zero-order valence-corrected chi connectivity index (χ0v) is 15.7. The summed E-state index contributed by atoms with van der Waals surface area (Å²) in [7, 11) is 0. The lowest BCUT2D eigenvalue weighted by molar-refractivity contribution is -0.119. The van der Waals surface area contributed by atoms with Crippen molar-refractivity contribution in [1.29, 1.82) is 0 Å². The molecule has 0 aliphatic carbocycles. The van der Waals surface area contributed by atoms with Crippen molar-refractivity contribution in [2.75, 3.05) is 43.5 Å². The van der Waals surface area contributed by atoms with E-state index in [4.69, 9.17) is 4.74 Å². The Bertz CT molecular complexity index is 804. The van der Waals surface area contributed by atoms with Crippen LogP contribution in [-0.2, 0) is 9.53 Å². The van der Waals surface area contributed by atoms with Gasteiger partial charge >= 0.3 is 0 Å². The number of nitrogens with zero attached hydrogens (tertiary/aromatic N) is 4. The quantitative estimate of drug-likeness (QED) is 0.684. The highest BCUT2D eigenvalue weighted by atomic mass is 16.5. The molecule has 2 aromatic rings. The van der Waals surface area contributed by atoms with E-state index in [0.717, 1.165) is 45.6 Å². The minimum absolute atomic E-state index is 0.0153. The number of rotatable bonds is 6. The molecule has 0 bridgehead atoms. The highest BCUT2D eigenvalue weighted by Crippen LogP contribution is 2.19. The summed E-state index contributed by atoms with van der Waals surface area (Å²) in [6, 6.07) is 3.54. The van der Waals surface area contributed by atoms with Crippen LogP contribution in [0.2, 0.25) is 0 Å². The van der Waals surface area contributed by atoms with Crippen LogP contribution in [0.25, 0.3) is 11.4 Å². The van der Waals surface area contributed by atoms with Crippen LogP contribution in [0.3, 0.4) is 0 Å². The van der Waals surface area contributed by atoms with Crippen LogP contribution in [0.5, 0.6) is 0 Å². The van der Waals surface area contributed by atoms with E-state index in [1.165, 1.54) is 6.33 Å². The molecule has 1 amide bonds. The van der Waals surface area contributed by atoms with Gasteiger partial charge in [0.1, 0.15) is 12.1 Å². The van der Waals surface area contributed by atoms with Crippen molar-refractivity contribution in [3.05, 3.63) is 24.7 Å². The van der Waals surface area contributed by atoms with Gasteiger partial charge in [-0.25, -0.2) is 19.9 Å². The van der Waals surface area contributed by atoms with Crippen molar-refractivity contribution >= 4 is 17.7 Å². The van der Waals surface area contributed by atoms with Gasteiger partial charge in [0.25, 0.3) is 0 Å². The molecule has 0 radical (unpaired) electrons. The maximum absolute atomic E-state index is 12.3. The summed E-state index contributed by atoms with van der Waals surface area (Å²) in [4.78, 5) is 29.6. The highest BCUT2D eigenvalue weighted by molar-refractivity contribution is 5.92. The summed E-state index contributed by atoms with van der Waals surface area (Å²) in [6.07, 6.45) is 6.10. The summed E-state index contributed by atoms with van der Waals surface area (Å²) in [5.41, 5.74) is 1.33. The van der Waals surface area contributed by atoms with Crippen LogP contribution in [0.1, 0.15) is 19.3 Å². The number of aromatic nitrogens is 4. The first-order chi connectivity index (χ1) is 13.8. The second-order valence-electron chi connectivity index (χ2n) is 7.17. The van der Waals surface area contributed by atoms with Crippen molar-refractivity contribution in [2.24, 2.45) is 11.8 Å². The van der Waals surface area contributed by atoms with Gasteiger partial charge in [0.2, 0.25) is 11.9 Å². The van der Waals surface area contributed by atoms with Gasteiger partial charge in [-0.1, -0.05) is 0 Å². The molecule has 1 unspecified atom stereocenters. The minimum atomic E-state index is -0.0174. The van der Waals surface area contributed by atoms with Crippen molar-refractivity contribution < 1.29 is 9.53 Å². The van der Waals surface area contributed by atoms with Crippen LogP contribution in [-0.4, -0.2) is 58.7 Å². The molecule has 1 atom stereocenters. The molecule has 2 saturated heterocycles. The van der Waals surface area contributed by atoms with Gasteiger partial charge in [0, 0.05) is 38.6 Å². The number of hydrogen-bond acceptors (Lipinski definition) is 8. The van der Waals surface area contributed by atoms with E-state index in [1.807, 2.05) is 0 Å². The first-order valence-electron chi connectivity index (χ1n) is 9.76. The fraction of sp³-hybridized carbons (Fsp3) is 0.526. The first-order valence-corrected chi connectivity index (χ1v) is 9.76. The predicted molar refractivity (Wildman–Crippen MR) is 105 cm³/mol. The van der Waals surface area contributed by atoms with Crippen LogP contribution < -0.4 is 16.0 Å². The Morgan fingerprint density at radius 1 is 1.18 bits per heavy atom. The lowest BCUT2D eigenvalue weighted by Gasteiger charge is -2.22. The largest absolute Gasteiger partial charge is 0.381 e. The molecule has 2 fully saturated rings. The number of amides is 1. The lowest BCUT2D eigenvalue weighted by atomic mass is 10.0. The van der Waals surface area contributed by atoms with Gasteiger partial charge in [0.05, 0.1) is 17.3 Å². The number of nitrogens with one attached hydrogen (secondary N) is 3. The molecule has 2 aliphatic heterocycles. The minimum Gasteiger partial charge on any atom is -0.381 e. The van der Waals surface area contributed by atoms with E-state index in [0.29, 0.717) is 35.6 Å². The first kappa shape index (κ1) is 18.7. The Labute approximate surface area is 163 Å². The SMILES string of the molecule is O=C(Nc1cc(-c2ccnc(NCC3CCOCC3)n2)ncn1)C1CCNC1. The summed E-state index contributed by atoms with van der Waals surface area (Å²) in [5, 5.41) is 9.38. The average Bonchev–Trinajstić information content (AvgIpc) is 3.29. The zero-order valence-electron chi connectivity index (χ0n) is 15.7.